The third-order valence-corrected chi connectivity index (χ3v) is 1.85. The Labute approximate surface area is 66.4 Å². The monoisotopic (exact) mass is 173 g/mol. The summed E-state index contributed by atoms with van der Waals surface area (Å²) in [5.74, 6) is 0.159. The molecule has 0 fully saturated rings. The topological polar surface area (TPSA) is 80.9 Å². The summed E-state index contributed by atoms with van der Waals surface area (Å²) in [6.07, 6.45) is 1.69. The third kappa shape index (κ3) is 1.45. The summed E-state index contributed by atoms with van der Waals surface area (Å²) in [4.78, 5) is 23.6. The van der Waals surface area contributed by atoms with Crippen LogP contribution in [0.25, 0.3) is 0 Å². The summed E-state index contributed by atoms with van der Waals surface area (Å²) in [5.41, 5.74) is 4.38. The van der Waals surface area contributed by atoms with Gasteiger partial charge >= 0.3 is 5.69 Å². The number of H-pyrrole nitrogens is 1. The van der Waals surface area contributed by atoms with E-state index in [0.29, 0.717) is 0 Å². The minimum absolute atomic E-state index is 0.159. The Morgan fingerprint density at radius 3 is 2.73 bits per heavy atom. The Hall–Kier alpha value is -1.17. The van der Waals surface area contributed by atoms with E-state index in [0.717, 1.165) is 18.0 Å². The third-order valence-electron chi connectivity index (χ3n) is 1.11. The first-order valence-corrected chi connectivity index (χ1v) is 3.99. The van der Waals surface area contributed by atoms with Gasteiger partial charge in [-0.1, -0.05) is 0 Å². The summed E-state index contributed by atoms with van der Waals surface area (Å²) < 4.78 is 1.20. The van der Waals surface area contributed by atoms with Gasteiger partial charge in [-0.25, -0.2) is 8.77 Å². The second-order valence-electron chi connectivity index (χ2n) is 1.84. The van der Waals surface area contributed by atoms with Gasteiger partial charge in [0.25, 0.3) is 5.56 Å². The Balaban J connectivity index is 3.49. The van der Waals surface area contributed by atoms with Crippen molar-refractivity contribution in [2.24, 2.45) is 0 Å². The Morgan fingerprint density at radius 2 is 2.27 bits per heavy atom. The van der Waals surface area contributed by atoms with Gasteiger partial charge in [-0.3, -0.25) is 9.78 Å². The first-order valence-electron chi connectivity index (χ1n) is 2.81. The summed E-state index contributed by atoms with van der Waals surface area (Å²) in [6.45, 7) is 0. The zero-order valence-corrected chi connectivity index (χ0v) is 6.64. The van der Waals surface area contributed by atoms with Crippen molar-refractivity contribution in [3.05, 3.63) is 26.9 Å². The summed E-state index contributed by atoms with van der Waals surface area (Å²) in [5, 5.41) is 0. The highest BCUT2D eigenvalue weighted by Gasteiger charge is 1.99. The SMILES string of the molecule is CSn1c(N)cc(=O)[nH]c1=O. The molecule has 0 aromatic carbocycles. The molecule has 1 aromatic heterocycles. The quantitative estimate of drug-likeness (QED) is 0.585. The minimum atomic E-state index is -0.498. The van der Waals surface area contributed by atoms with Crippen molar-refractivity contribution in [2.45, 2.75) is 0 Å². The highest BCUT2D eigenvalue weighted by molar-refractivity contribution is 7.97. The van der Waals surface area contributed by atoms with Crippen LogP contribution in [-0.4, -0.2) is 15.2 Å². The molecule has 1 heterocycles. The van der Waals surface area contributed by atoms with Gasteiger partial charge in [-0.15, -0.1) is 0 Å². The van der Waals surface area contributed by atoms with Crippen LogP contribution in [0.2, 0.25) is 0 Å². The molecule has 5 nitrogen and oxygen atoms in total. The lowest BCUT2D eigenvalue weighted by Crippen LogP contribution is -2.28. The molecular formula is C5H7N3O2S. The summed E-state index contributed by atoms with van der Waals surface area (Å²) >= 11 is 1.14. The molecule has 0 aliphatic carbocycles. The fourth-order valence-corrected chi connectivity index (χ4v) is 1.17. The number of hydrogen-bond acceptors (Lipinski definition) is 4. The largest absolute Gasteiger partial charge is 0.384 e. The van der Waals surface area contributed by atoms with Crippen molar-refractivity contribution in [3.8, 4) is 0 Å². The maximum Gasteiger partial charge on any atom is 0.340 e. The molecule has 0 unspecified atom stereocenters. The number of aromatic nitrogens is 2. The molecule has 1 rings (SSSR count). The fraction of sp³-hybridized carbons (Fsp3) is 0.200. The van der Waals surface area contributed by atoms with Crippen LogP contribution in [-0.2, 0) is 0 Å². The molecule has 6 heteroatoms. The number of hydrogen-bond donors (Lipinski definition) is 2. The maximum atomic E-state index is 10.9. The summed E-state index contributed by atoms with van der Waals surface area (Å²) in [7, 11) is 0. The molecule has 0 amide bonds. The molecule has 0 saturated heterocycles. The van der Waals surface area contributed by atoms with Gasteiger partial charge in [0.1, 0.15) is 5.82 Å². The van der Waals surface area contributed by atoms with Gasteiger partial charge in [-0.05, 0) is 11.9 Å². The number of nitrogens with one attached hydrogen (secondary N) is 1. The van der Waals surface area contributed by atoms with Crippen molar-refractivity contribution < 1.29 is 0 Å². The molecule has 0 bridgehead atoms. The van der Waals surface area contributed by atoms with Gasteiger partial charge in [0.15, 0.2) is 0 Å². The maximum absolute atomic E-state index is 10.9. The van der Waals surface area contributed by atoms with E-state index in [2.05, 4.69) is 4.98 Å². The van der Waals surface area contributed by atoms with E-state index < -0.39 is 11.2 Å². The van der Waals surface area contributed by atoms with Crippen molar-refractivity contribution in [1.82, 2.24) is 8.96 Å². The predicted molar refractivity (Wildman–Crippen MR) is 44.6 cm³/mol. The van der Waals surface area contributed by atoms with Crippen LogP contribution in [0, 0.1) is 0 Å². The van der Waals surface area contributed by atoms with Crippen LogP contribution in [0.4, 0.5) is 5.82 Å². The smallest absolute Gasteiger partial charge is 0.340 e. The number of rotatable bonds is 1. The van der Waals surface area contributed by atoms with Crippen LogP contribution in [0.5, 0.6) is 0 Å². The standard InChI is InChI=1S/C5H7N3O2S/c1-11-8-3(6)2-4(9)7-5(8)10/h2H,6H2,1H3,(H,7,9,10). The molecule has 0 aliphatic heterocycles. The molecule has 0 saturated carbocycles. The van der Waals surface area contributed by atoms with Crippen molar-refractivity contribution in [1.29, 1.82) is 0 Å². The van der Waals surface area contributed by atoms with Gasteiger partial charge < -0.3 is 5.73 Å². The van der Waals surface area contributed by atoms with E-state index in [1.165, 1.54) is 3.97 Å². The zero-order chi connectivity index (χ0) is 8.43. The van der Waals surface area contributed by atoms with E-state index in [1.54, 1.807) is 6.26 Å². The lowest BCUT2D eigenvalue weighted by atomic mass is 10.6. The second kappa shape index (κ2) is 2.83. The number of anilines is 1. The van der Waals surface area contributed by atoms with Crippen LogP contribution in [0.1, 0.15) is 0 Å². The van der Waals surface area contributed by atoms with Gasteiger partial charge in [0.05, 0.1) is 0 Å². The Morgan fingerprint density at radius 1 is 1.64 bits per heavy atom. The van der Waals surface area contributed by atoms with Gasteiger partial charge in [0.2, 0.25) is 0 Å². The molecule has 1 aromatic rings. The lowest BCUT2D eigenvalue weighted by molar-refractivity contribution is 1.00. The first-order chi connectivity index (χ1) is 5.15. The molecule has 60 valence electrons. The van der Waals surface area contributed by atoms with Crippen LogP contribution in [0.3, 0.4) is 0 Å². The normalized spacial score (nSPS) is 9.91. The van der Waals surface area contributed by atoms with Crippen molar-refractivity contribution >= 4 is 17.8 Å². The molecular weight excluding hydrogens is 166 g/mol. The zero-order valence-electron chi connectivity index (χ0n) is 5.83. The van der Waals surface area contributed by atoms with Gasteiger partial charge in [0, 0.05) is 12.3 Å². The van der Waals surface area contributed by atoms with E-state index in [9.17, 15) is 9.59 Å². The summed E-state index contributed by atoms with van der Waals surface area (Å²) in [6, 6.07) is 1.16. The molecule has 3 N–H and O–H groups in total. The first kappa shape index (κ1) is 7.93. The highest BCUT2D eigenvalue weighted by Crippen LogP contribution is 2.00. The fourth-order valence-electron chi connectivity index (χ4n) is 0.691. The number of nitrogen functional groups attached to an aromatic ring is 1. The second-order valence-corrected chi connectivity index (χ2v) is 2.57. The highest BCUT2D eigenvalue weighted by atomic mass is 32.2. The number of aromatic amines is 1. The van der Waals surface area contributed by atoms with E-state index >= 15 is 0 Å². The Bertz CT molecular complexity index is 367. The van der Waals surface area contributed by atoms with Crippen molar-refractivity contribution in [2.75, 3.05) is 12.0 Å². The van der Waals surface area contributed by atoms with E-state index in [-0.39, 0.29) is 5.82 Å². The minimum Gasteiger partial charge on any atom is -0.384 e. The van der Waals surface area contributed by atoms with E-state index in [4.69, 9.17) is 5.73 Å². The molecule has 0 atom stereocenters. The average molecular weight is 173 g/mol. The number of nitrogens with zero attached hydrogens (tertiary/aromatic N) is 1. The van der Waals surface area contributed by atoms with Crippen LogP contribution >= 0.6 is 11.9 Å². The predicted octanol–water partition coefficient (Wildman–Crippen LogP) is -0.755. The molecule has 0 spiro atoms. The van der Waals surface area contributed by atoms with E-state index in [1.807, 2.05) is 0 Å². The molecule has 0 radical (unpaired) electrons. The lowest BCUT2D eigenvalue weighted by Gasteiger charge is -2.01. The number of nitrogens with two attached hydrogens (primary N) is 1. The molecule has 11 heavy (non-hydrogen) atoms. The van der Waals surface area contributed by atoms with Crippen molar-refractivity contribution in [3.63, 3.8) is 0 Å². The van der Waals surface area contributed by atoms with Gasteiger partial charge in [-0.2, -0.15) is 0 Å². The van der Waals surface area contributed by atoms with Crippen LogP contribution < -0.4 is 17.0 Å². The molecule has 0 aliphatic rings. The van der Waals surface area contributed by atoms with Crippen LogP contribution in [0.15, 0.2) is 15.7 Å². The Kier molecular flexibility index (Phi) is 2.04. The average Bonchev–Trinajstić information content (AvgIpc) is 1.85.